The van der Waals surface area contributed by atoms with Crippen molar-refractivity contribution in [3.8, 4) is 0 Å². The Kier molecular flexibility index (Phi) is 4.57. The van der Waals surface area contributed by atoms with Crippen LogP contribution in [0.15, 0.2) is 59.6 Å². The van der Waals surface area contributed by atoms with Gasteiger partial charge in [0, 0.05) is 6.21 Å². The summed E-state index contributed by atoms with van der Waals surface area (Å²) >= 11 is 0. The van der Waals surface area contributed by atoms with Crippen molar-refractivity contribution in [2.24, 2.45) is 4.99 Å². The average Bonchev–Trinajstić information content (AvgIpc) is 3.18. The van der Waals surface area contributed by atoms with E-state index in [2.05, 4.69) is 4.99 Å². The van der Waals surface area contributed by atoms with Gasteiger partial charge < -0.3 is 23.5 Å². The van der Waals surface area contributed by atoms with Gasteiger partial charge in [-0.1, -0.05) is 42.5 Å². The summed E-state index contributed by atoms with van der Waals surface area (Å²) in [5.41, 5.74) is 2.89. The summed E-state index contributed by atoms with van der Waals surface area (Å²) in [6.45, 7) is 4.22. The first-order valence-electron chi connectivity index (χ1n) is 9.55. The molecule has 0 N–H and O–H groups in total. The molecule has 0 radical (unpaired) electrons. The molecule has 3 aliphatic heterocycles. The Labute approximate surface area is 164 Å². The minimum absolute atomic E-state index is 0.167. The highest BCUT2D eigenvalue weighted by Crippen LogP contribution is 2.40. The molecule has 0 aliphatic carbocycles. The molecule has 0 saturated carbocycles. The number of ether oxygens (including phenoxy) is 3. The first-order valence-corrected chi connectivity index (χ1v) is 9.55. The molecule has 3 saturated heterocycles. The molecule has 2 aromatic rings. The third-order valence-electron chi connectivity index (χ3n) is 5.11. The lowest BCUT2D eigenvalue weighted by Gasteiger charge is -2.32. The number of nitrogens with zero attached hydrogens (tertiary/aromatic N) is 1. The van der Waals surface area contributed by atoms with Crippen molar-refractivity contribution in [3.63, 3.8) is 0 Å². The van der Waals surface area contributed by atoms with Gasteiger partial charge >= 0.3 is 7.12 Å². The molecule has 144 valence electrons. The summed E-state index contributed by atoms with van der Waals surface area (Å²) < 4.78 is 29.7. The Morgan fingerprint density at radius 2 is 1.79 bits per heavy atom. The van der Waals surface area contributed by atoms with Crippen LogP contribution < -0.4 is 5.46 Å². The Morgan fingerprint density at radius 3 is 2.57 bits per heavy atom. The predicted octanol–water partition coefficient (Wildman–Crippen LogP) is 2.42. The maximum atomic E-state index is 6.19. The van der Waals surface area contributed by atoms with Crippen LogP contribution in [0.3, 0.4) is 0 Å². The Balaban J connectivity index is 1.26. The van der Waals surface area contributed by atoms with Gasteiger partial charge in [0.05, 0.1) is 12.3 Å². The fraction of sp³-hybridized carbons (Fsp3) is 0.381. The molecular weight excluding hydrogens is 357 g/mol. The maximum Gasteiger partial charge on any atom is 0.494 e. The lowest BCUT2D eigenvalue weighted by Crippen LogP contribution is -2.53. The lowest BCUT2D eigenvalue weighted by molar-refractivity contribution is -0.221. The van der Waals surface area contributed by atoms with Crippen molar-refractivity contribution in [2.45, 2.75) is 44.2 Å². The van der Waals surface area contributed by atoms with Crippen LogP contribution in [0.5, 0.6) is 0 Å². The summed E-state index contributed by atoms with van der Waals surface area (Å²) in [5, 5.41) is 0. The second kappa shape index (κ2) is 7.10. The van der Waals surface area contributed by atoms with E-state index in [1.807, 2.05) is 74.7 Å². The molecule has 3 heterocycles. The van der Waals surface area contributed by atoms with Gasteiger partial charge in [0.25, 0.3) is 0 Å². The Hall–Kier alpha value is -2.03. The fourth-order valence-corrected chi connectivity index (χ4v) is 3.79. The zero-order valence-electron chi connectivity index (χ0n) is 15.9. The van der Waals surface area contributed by atoms with Crippen LogP contribution in [0, 0.1) is 0 Å². The van der Waals surface area contributed by atoms with E-state index in [4.69, 9.17) is 23.5 Å². The molecule has 3 fully saturated rings. The van der Waals surface area contributed by atoms with Crippen LogP contribution in [0.4, 0.5) is 5.69 Å². The van der Waals surface area contributed by atoms with Gasteiger partial charge in [-0.05, 0) is 37.0 Å². The molecule has 6 nitrogen and oxygen atoms in total. The van der Waals surface area contributed by atoms with Crippen LogP contribution in [-0.2, 0) is 23.5 Å². The number of aliphatic imine (C=N–C) groups is 1. The van der Waals surface area contributed by atoms with E-state index in [1.165, 1.54) is 0 Å². The van der Waals surface area contributed by atoms with Crippen LogP contribution in [0.1, 0.15) is 19.4 Å². The third kappa shape index (κ3) is 3.52. The van der Waals surface area contributed by atoms with E-state index in [0.717, 1.165) is 16.7 Å². The highest BCUT2D eigenvalue weighted by molar-refractivity contribution is 6.61. The summed E-state index contributed by atoms with van der Waals surface area (Å²) in [5.74, 6) is -0.656. The lowest BCUT2D eigenvalue weighted by atomic mass is 9.76. The van der Waals surface area contributed by atoms with E-state index < -0.39 is 19.2 Å². The predicted molar refractivity (Wildman–Crippen MR) is 105 cm³/mol. The summed E-state index contributed by atoms with van der Waals surface area (Å²) in [6.07, 6.45) is 0.843. The zero-order valence-corrected chi connectivity index (χ0v) is 15.9. The van der Waals surface area contributed by atoms with E-state index in [0.29, 0.717) is 6.61 Å². The number of benzene rings is 2. The van der Waals surface area contributed by atoms with Crippen molar-refractivity contribution < 1.29 is 23.5 Å². The smallest absolute Gasteiger partial charge is 0.404 e. The molecule has 0 aromatic heterocycles. The summed E-state index contributed by atoms with van der Waals surface area (Å²) in [6, 6.07) is 17.9. The molecule has 0 spiro atoms. The van der Waals surface area contributed by atoms with Crippen molar-refractivity contribution in [1.29, 1.82) is 0 Å². The quantitative estimate of drug-likeness (QED) is 0.606. The molecule has 28 heavy (non-hydrogen) atoms. The fourth-order valence-electron chi connectivity index (χ4n) is 3.79. The van der Waals surface area contributed by atoms with Crippen LogP contribution in [0.2, 0.25) is 0 Å². The topological polar surface area (TPSA) is 58.5 Å². The van der Waals surface area contributed by atoms with E-state index in [9.17, 15) is 0 Å². The normalized spacial score (nSPS) is 31.1. The highest BCUT2D eigenvalue weighted by Gasteiger charge is 2.57. The van der Waals surface area contributed by atoms with Gasteiger partial charge in [0.15, 0.2) is 12.1 Å². The number of hydrogen-bond donors (Lipinski definition) is 0. The van der Waals surface area contributed by atoms with Gasteiger partial charge in [-0.3, -0.25) is 4.99 Å². The molecule has 3 aliphatic rings. The molecule has 5 rings (SSSR count). The molecule has 0 bridgehead atoms. The standard InChI is InChI=1S/C21H22BNO5/c1-21(2)26-19-18-17(25-20(19)27-21)13-24-22(28-18)15-10-8-14(9-11-15)12-23-16-6-4-3-5-7-16/h3-12,17-20H,13H2,1-2H3/t17-,18+,19-,20-/m1/s1. The molecule has 0 unspecified atom stereocenters. The van der Waals surface area contributed by atoms with Crippen molar-refractivity contribution in [2.75, 3.05) is 6.61 Å². The SMILES string of the molecule is CC1(C)O[C@H]2O[C@@H]3COB(c4ccc(C=Nc5ccccc5)cc4)O[C@@H]3[C@H]2O1. The van der Waals surface area contributed by atoms with Gasteiger partial charge in [-0.15, -0.1) is 0 Å². The third-order valence-corrected chi connectivity index (χ3v) is 5.11. The van der Waals surface area contributed by atoms with Crippen molar-refractivity contribution in [3.05, 3.63) is 60.2 Å². The van der Waals surface area contributed by atoms with Gasteiger partial charge in [0.1, 0.15) is 18.3 Å². The average molecular weight is 379 g/mol. The van der Waals surface area contributed by atoms with Crippen molar-refractivity contribution in [1.82, 2.24) is 0 Å². The van der Waals surface area contributed by atoms with Gasteiger partial charge in [0.2, 0.25) is 0 Å². The molecule has 4 atom stereocenters. The summed E-state index contributed by atoms with van der Waals surface area (Å²) in [4.78, 5) is 4.48. The number of hydrogen-bond acceptors (Lipinski definition) is 6. The maximum absolute atomic E-state index is 6.19. The zero-order chi connectivity index (χ0) is 19.1. The van der Waals surface area contributed by atoms with Gasteiger partial charge in [-0.25, -0.2) is 0 Å². The second-order valence-corrected chi connectivity index (χ2v) is 7.67. The minimum Gasteiger partial charge on any atom is -0.404 e. The molecular formula is C21H22BNO5. The van der Waals surface area contributed by atoms with Crippen LogP contribution in [-0.4, -0.2) is 50.3 Å². The number of rotatable bonds is 3. The van der Waals surface area contributed by atoms with Crippen LogP contribution in [0.25, 0.3) is 0 Å². The van der Waals surface area contributed by atoms with Crippen molar-refractivity contribution >= 4 is 24.5 Å². The minimum atomic E-state index is -0.656. The highest BCUT2D eigenvalue weighted by atomic mass is 16.8. The van der Waals surface area contributed by atoms with E-state index >= 15 is 0 Å². The largest absolute Gasteiger partial charge is 0.494 e. The van der Waals surface area contributed by atoms with Crippen LogP contribution >= 0.6 is 0 Å². The monoisotopic (exact) mass is 379 g/mol. The van der Waals surface area contributed by atoms with Gasteiger partial charge in [-0.2, -0.15) is 0 Å². The first kappa shape index (κ1) is 18.0. The second-order valence-electron chi connectivity index (χ2n) is 7.67. The number of fused-ring (bicyclic) bond motifs is 3. The number of para-hydroxylation sites is 1. The molecule has 2 aromatic carbocycles. The Morgan fingerprint density at radius 1 is 1.00 bits per heavy atom. The van der Waals surface area contributed by atoms with E-state index in [-0.39, 0.29) is 18.3 Å². The summed E-state index contributed by atoms with van der Waals surface area (Å²) in [7, 11) is -0.448. The molecule has 7 heteroatoms. The Bertz CT molecular complexity index is 857. The van der Waals surface area contributed by atoms with E-state index in [1.54, 1.807) is 0 Å². The first-order chi connectivity index (χ1) is 13.6. The molecule has 0 amide bonds.